The van der Waals surface area contributed by atoms with Crippen LogP contribution in [0, 0.1) is 5.82 Å². The molecule has 0 spiro atoms. The molecule has 2 aromatic carbocycles. The van der Waals surface area contributed by atoms with Crippen LogP contribution in [0.15, 0.2) is 53.5 Å². The van der Waals surface area contributed by atoms with Gasteiger partial charge in [0.1, 0.15) is 5.82 Å². The van der Waals surface area contributed by atoms with Crippen molar-refractivity contribution < 1.29 is 9.13 Å². The Bertz CT molecular complexity index is 875. The standard InChI is InChI=1S/C24H31FN4O/c1-2-26-23(28-18-24(10-11-24)20-7-5-8-21(25)16-20)27-17-19-6-3-4-9-22(19)29-12-14-30-15-13-29/h3-9,16H,2,10-15,17-18H2,1H3,(H2,26,27,28). The first-order chi connectivity index (χ1) is 14.7. The van der Waals surface area contributed by atoms with E-state index in [-0.39, 0.29) is 11.2 Å². The fourth-order valence-electron chi connectivity index (χ4n) is 4.05. The Morgan fingerprint density at radius 1 is 1.10 bits per heavy atom. The fraction of sp³-hybridized carbons (Fsp3) is 0.458. The second kappa shape index (κ2) is 9.47. The highest BCUT2D eigenvalue weighted by Crippen LogP contribution is 2.47. The molecule has 1 aliphatic heterocycles. The molecular formula is C24H31FN4O. The number of hydrogen-bond acceptors (Lipinski definition) is 3. The number of aliphatic imine (C=N–C) groups is 1. The van der Waals surface area contributed by atoms with Crippen molar-refractivity contribution in [2.75, 3.05) is 44.3 Å². The minimum Gasteiger partial charge on any atom is -0.378 e. The summed E-state index contributed by atoms with van der Waals surface area (Å²) in [7, 11) is 0. The maximum atomic E-state index is 13.7. The number of morpholine rings is 1. The van der Waals surface area contributed by atoms with Crippen molar-refractivity contribution in [2.24, 2.45) is 4.99 Å². The summed E-state index contributed by atoms with van der Waals surface area (Å²) in [5.41, 5.74) is 3.54. The van der Waals surface area contributed by atoms with E-state index in [4.69, 9.17) is 9.73 Å². The molecule has 30 heavy (non-hydrogen) atoms. The van der Waals surface area contributed by atoms with Gasteiger partial charge in [-0.1, -0.05) is 30.3 Å². The molecule has 160 valence electrons. The zero-order valence-corrected chi connectivity index (χ0v) is 17.7. The lowest BCUT2D eigenvalue weighted by Crippen LogP contribution is -2.41. The monoisotopic (exact) mass is 410 g/mol. The Hall–Kier alpha value is -2.60. The van der Waals surface area contributed by atoms with Crippen molar-refractivity contribution in [3.05, 3.63) is 65.5 Å². The molecular weight excluding hydrogens is 379 g/mol. The third-order valence-corrected chi connectivity index (χ3v) is 5.98. The van der Waals surface area contributed by atoms with Crippen LogP contribution >= 0.6 is 0 Å². The molecule has 0 radical (unpaired) electrons. The first-order valence-electron chi connectivity index (χ1n) is 10.9. The van der Waals surface area contributed by atoms with Gasteiger partial charge in [0.25, 0.3) is 0 Å². The molecule has 5 nitrogen and oxygen atoms in total. The van der Waals surface area contributed by atoms with Gasteiger partial charge >= 0.3 is 0 Å². The molecule has 0 unspecified atom stereocenters. The number of hydrogen-bond donors (Lipinski definition) is 2. The number of anilines is 1. The van der Waals surface area contributed by atoms with Crippen molar-refractivity contribution in [1.82, 2.24) is 10.6 Å². The van der Waals surface area contributed by atoms with Crippen LogP contribution in [-0.4, -0.2) is 45.4 Å². The zero-order chi connectivity index (χ0) is 20.8. The van der Waals surface area contributed by atoms with E-state index >= 15 is 0 Å². The van der Waals surface area contributed by atoms with Crippen LogP contribution in [-0.2, 0) is 16.7 Å². The Balaban J connectivity index is 1.44. The van der Waals surface area contributed by atoms with Gasteiger partial charge in [0, 0.05) is 37.3 Å². The van der Waals surface area contributed by atoms with Crippen LogP contribution in [0.2, 0.25) is 0 Å². The first kappa shape index (κ1) is 20.7. The molecule has 0 atom stereocenters. The van der Waals surface area contributed by atoms with Gasteiger partial charge in [-0.15, -0.1) is 0 Å². The van der Waals surface area contributed by atoms with Crippen LogP contribution < -0.4 is 15.5 Å². The summed E-state index contributed by atoms with van der Waals surface area (Å²) < 4.78 is 19.2. The van der Waals surface area contributed by atoms with Gasteiger partial charge in [-0.25, -0.2) is 9.38 Å². The summed E-state index contributed by atoms with van der Waals surface area (Å²) >= 11 is 0. The number of ether oxygens (including phenoxy) is 1. The molecule has 0 aromatic heterocycles. The summed E-state index contributed by atoms with van der Waals surface area (Å²) in [6, 6.07) is 15.5. The van der Waals surface area contributed by atoms with Crippen molar-refractivity contribution >= 4 is 11.6 Å². The topological polar surface area (TPSA) is 48.9 Å². The molecule has 2 aromatic rings. The Morgan fingerprint density at radius 3 is 2.63 bits per heavy atom. The van der Waals surface area contributed by atoms with Gasteiger partial charge < -0.3 is 20.3 Å². The van der Waals surface area contributed by atoms with Crippen LogP contribution in [0.1, 0.15) is 30.9 Å². The predicted octanol–water partition coefficient (Wildman–Crippen LogP) is 3.45. The molecule has 1 saturated heterocycles. The summed E-state index contributed by atoms with van der Waals surface area (Å²) in [4.78, 5) is 7.22. The molecule has 2 fully saturated rings. The van der Waals surface area contributed by atoms with E-state index in [1.165, 1.54) is 17.3 Å². The van der Waals surface area contributed by atoms with Gasteiger partial charge in [-0.05, 0) is 49.1 Å². The third kappa shape index (κ3) is 4.93. The van der Waals surface area contributed by atoms with E-state index in [1.54, 1.807) is 12.1 Å². The lowest BCUT2D eigenvalue weighted by molar-refractivity contribution is 0.122. The second-order valence-corrected chi connectivity index (χ2v) is 8.07. The number of halogens is 1. The summed E-state index contributed by atoms with van der Waals surface area (Å²) in [6.07, 6.45) is 2.14. The number of guanidine groups is 1. The number of nitrogens with one attached hydrogen (secondary N) is 2. The number of nitrogens with zero attached hydrogens (tertiary/aromatic N) is 2. The highest BCUT2D eigenvalue weighted by atomic mass is 19.1. The molecule has 2 N–H and O–H groups in total. The second-order valence-electron chi connectivity index (χ2n) is 8.07. The lowest BCUT2D eigenvalue weighted by Gasteiger charge is -2.30. The van der Waals surface area contributed by atoms with E-state index in [1.807, 2.05) is 6.07 Å². The first-order valence-corrected chi connectivity index (χ1v) is 10.9. The largest absolute Gasteiger partial charge is 0.378 e. The minimum atomic E-state index is -0.168. The normalized spacial score (nSPS) is 18.2. The molecule has 1 saturated carbocycles. The molecule has 4 rings (SSSR count). The van der Waals surface area contributed by atoms with Crippen molar-refractivity contribution in [1.29, 1.82) is 0 Å². The maximum Gasteiger partial charge on any atom is 0.191 e. The Morgan fingerprint density at radius 2 is 1.90 bits per heavy atom. The van der Waals surface area contributed by atoms with Crippen molar-refractivity contribution in [3.63, 3.8) is 0 Å². The van der Waals surface area contributed by atoms with Gasteiger partial charge in [0.05, 0.1) is 19.8 Å². The lowest BCUT2D eigenvalue weighted by atomic mass is 9.96. The van der Waals surface area contributed by atoms with Crippen LogP contribution in [0.4, 0.5) is 10.1 Å². The number of rotatable bonds is 7. The van der Waals surface area contributed by atoms with E-state index in [9.17, 15) is 4.39 Å². The molecule has 1 heterocycles. The van der Waals surface area contributed by atoms with Crippen LogP contribution in [0.5, 0.6) is 0 Å². The molecule has 2 aliphatic rings. The molecule has 1 aliphatic carbocycles. The Labute approximate surface area is 178 Å². The molecule has 0 amide bonds. The van der Waals surface area contributed by atoms with Crippen molar-refractivity contribution in [3.8, 4) is 0 Å². The Kier molecular flexibility index (Phi) is 6.53. The van der Waals surface area contributed by atoms with Crippen molar-refractivity contribution in [2.45, 2.75) is 31.7 Å². The molecule has 6 heteroatoms. The fourth-order valence-corrected chi connectivity index (χ4v) is 4.05. The van der Waals surface area contributed by atoms with E-state index in [0.29, 0.717) is 6.54 Å². The van der Waals surface area contributed by atoms with E-state index in [0.717, 1.165) is 63.8 Å². The van der Waals surface area contributed by atoms with E-state index < -0.39 is 0 Å². The summed E-state index contributed by atoms with van der Waals surface area (Å²) in [5, 5.41) is 6.84. The molecule has 0 bridgehead atoms. The van der Waals surface area contributed by atoms with Crippen LogP contribution in [0.25, 0.3) is 0 Å². The van der Waals surface area contributed by atoms with Crippen LogP contribution in [0.3, 0.4) is 0 Å². The highest BCUT2D eigenvalue weighted by Gasteiger charge is 2.44. The predicted molar refractivity (Wildman–Crippen MR) is 120 cm³/mol. The quantitative estimate of drug-likeness (QED) is 0.542. The zero-order valence-electron chi connectivity index (χ0n) is 17.7. The van der Waals surface area contributed by atoms with Gasteiger partial charge in [0.15, 0.2) is 5.96 Å². The van der Waals surface area contributed by atoms with Gasteiger partial charge in [0.2, 0.25) is 0 Å². The minimum absolute atomic E-state index is 0.0179. The smallest absolute Gasteiger partial charge is 0.191 e. The average molecular weight is 411 g/mol. The SMILES string of the molecule is CCNC(=NCc1ccccc1N1CCOCC1)NCC1(c2cccc(F)c2)CC1. The van der Waals surface area contributed by atoms with Gasteiger partial charge in [-0.2, -0.15) is 0 Å². The number of para-hydroxylation sites is 1. The average Bonchev–Trinajstić information content (AvgIpc) is 3.58. The third-order valence-electron chi connectivity index (χ3n) is 5.98. The maximum absolute atomic E-state index is 13.7. The summed E-state index contributed by atoms with van der Waals surface area (Å²) in [5.74, 6) is 0.635. The number of benzene rings is 2. The summed E-state index contributed by atoms with van der Waals surface area (Å²) in [6.45, 7) is 7.59. The van der Waals surface area contributed by atoms with Gasteiger partial charge in [-0.3, -0.25) is 0 Å². The highest BCUT2D eigenvalue weighted by molar-refractivity contribution is 5.80. The van der Waals surface area contributed by atoms with E-state index in [2.05, 4.69) is 46.7 Å².